The Morgan fingerprint density at radius 2 is 2.11 bits per heavy atom. The highest BCUT2D eigenvalue weighted by atomic mass is 32.2. The van der Waals surface area contributed by atoms with E-state index in [1.165, 1.54) is 22.2 Å². The molecule has 2 N–H and O–H groups in total. The summed E-state index contributed by atoms with van der Waals surface area (Å²) in [5.41, 5.74) is 2.31. The molecule has 0 spiro atoms. The van der Waals surface area contributed by atoms with E-state index in [1.54, 1.807) is 24.3 Å². The normalized spacial score (nSPS) is 20.1. The lowest BCUT2D eigenvalue weighted by molar-refractivity contribution is 0.318. The van der Waals surface area contributed by atoms with E-state index in [1.807, 2.05) is 12.1 Å². The van der Waals surface area contributed by atoms with Gasteiger partial charge in [0.2, 0.25) is 0 Å². The number of rotatable bonds is 10. The molecule has 2 heterocycles. The van der Waals surface area contributed by atoms with E-state index in [2.05, 4.69) is 34.9 Å². The Morgan fingerprint density at radius 1 is 1.27 bits per heavy atom. The molecule has 2 aliphatic carbocycles. The first-order chi connectivity index (χ1) is 17.8. The number of nitrogens with one attached hydrogen (secondary N) is 1. The smallest absolute Gasteiger partial charge is 0.343 e. The molecular formula is C28H30N2O5S2. The summed E-state index contributed by atoms with van der Waals surface area (Å²) in [6.45, 7) is 2.16. The van der Waals surface area contributed by atoms with Crippen LogP contribution >= 0.6 is 11.3 Å². The van der Waals surface area contributed by atoms with E-state index < -0.39 is 15.6 Å². The van der Waals surface area contributed by atoms with E-state index in [4.69, 9.17) is 4.42 Å². The molecule has 5 rings (SSSR count). The number of hydrogen-bond acceptors (Lipinski definition) is 7. The van der Waals surface area contributed by atoms with Crippen molar-refractivity contribution in [1.82, 2.24) is 4.98 Å². The van der Waals surface area contributed by atoms with Crippen molar-refractivity contribution in [3.63, 3.8) is 0 Å². The van der Waals surface area contributed by atoms with E-state index in [9.17, 15) is 18.3 Å². The highest BCUT2D eigenvalue weighted by Gasteiger charge is 2.37. The van der Waals surface area contributed by atoms with Crippen molar-refractivity contribution in [2.75, 3.05) is 4.72 Å². The highest BCUT2D eigenvalue weighted by Crippen LogP contribution is 2.48. The molecule has 1 saturated carbocycles. The first-order valence-electron chi connectivity index (χ1n) is 12.5. The summed E-state index contributed by atoms with van der Waals surface area (Å²) in [4.78, 5) is 17.1. The third kappa shape index (κ3) is 5.57. The van der Waals surface area contributed by atoms with Crippen LogP contribution < -0.4 is 10.3 Å². The van der Waals surface area contributed by atoms with Crippen molar-refractivity contribution < 1.29 is 17.9 Å². The van der Waals surface area contributed by atoms with Crippen LogP contribution in [0.1, 0.15) is 61.8 Å². The van der Waals surface area contributed by atoms with E-state index in [0.29, 0.717) is 17.9 Å². The number of nitrogens with zero attached hydrogens (tertiary/aromatic N) is 1. The predicted octanol–water partition coefficient (Wildman–Crippen LogP) is 5.99. The molecular weight excluding hydrogens is 508 g/mol. The molecule has 194 valence electrons. The molecule has 37 heavy (non-hydrogen) atoms. The van der Waals surface area contributed by atoms with Crippen molar-refractivity contribution in [2.45, 2.75) is 56.4 Å². The Kier molecular flexibility index (Phi) is 7.09. The number of sulfonamides is 1. The predicted molar refractivity (Wildman–Crippen MR) is 145 cm³/mol. The SMILES string of the molecule is CCC1(CCc2cc(O)c(C(c3cccc(NS(=O)(=O)c4cscn4)c3)C3CC3)c(=O)o2)C=CC=CC1. The Bertz CT molecular complexity index is 1490. The Balaban J connectivity index is 1.41. The van der Waals surface area contributed by atoms with Gasteiger partial charge < -0.3 is 9.52 Å². The van der Waals surface area contributed by atoms with Crippen molar-refractivity contribution >= 4 is 27.0 Å². The number of anilines is 1. The van der Waals surface area contributed by atoms with Gasteiger partial charge in [0.05, 0.1) is 11.1 Å². The molecule has 9 heteroatoms. The van der Waals surface area contributed by atoms with Gasteiger partial charge in [-0.2, -0.15) is 8.42 Å². The molecule has 2 aromatic heterocycles. The van der Waals surface area contributed by atoms with Gasteiger partial charge in [-0.15, -0.1) is 11.3 Å². The summed E-state index contributed by atoms with van der Waals surface area (Å²) in [5, 5.41) is 12.4. The van der Waals surface area contributed by atoms with Gasteiger partial charge in [0.25, 0.3) is 10.0 Å². The topological polar surface area (TPSA) is 110 Å². The first kappa shape index (κ1) is 25.5. The van der Waals surface area contributed by atoms with Gasteiger partial charge in [0, 0.05) is 29.5 Å². The summed E-state index contributed by atoms with van der Waals surface area (Å²) in [7, 11) is -3.82. The van der Waals surface area contributed by atoms with Gasteiger partial charge in [-0.05, 0) is 61.1 Å². The van der Waals surface area contributed by atoms with Crippen LogP contribution in [-0.2, 0) is 16.4 Å². The average molecular weight is 539 g/mol. The monoisotopic (exact) mass is 538 g/mol. The Labute approximate surface area is 220 Å². The molecule has 2 atom stereocenters. The summed E-state index contributed by atoms with van der Waals surface area (Å²) in [5.74, 6) is 0.192. The number of aromatic nitrogens is 1. The van der Waals surface area contributed by atoms with Gasteiger partial charge in [-0.25, -0.2) is 9.78 Å². The summed E-state index contributed by atoms with van der Waals surface area (Å²) in [6.07, 6.45) is 13.6. The van der Waals surface area contributed by atoms with Crippen LogP contribution in [0.3, 0.4) is 0 Å². The van der Waals surface area contributed by atoms with Gasteiger partial charge in [0.1, 0.15) is 11.5 Å². The van der Waals surface area contributed by atoms with Gasteiger partial charge in [-0.3, -0.25) is 4.72 Å². The van der Waals surface area contributed by atoms with Gasteiger partial charge in [-0.1, -0.05) is 43.4 Å². The lowest BCUT2D eigenvalue weighted by Crippen LogP contribution is -2.20. The van der Waals surface area contributed by atoms with Crippen LogP contribution in [0.2, 0.25) is 0 Å². The molecule has 7 nitrogen and oxygen atoms in total. The maximum atomic E-state index is 13.2. The van der Waals surface area contributed by atoms with Crippen LogP contribution in [0.15, 0.2) is 79.8 Å². The van der Waals surface area contributed by atoms with Crippen LogP contribution in [-0.4, -0.2) is 18.5 Å². The number of aromatic hydroxyl groups is 1. The summed E-state index contributed by atoms with van der Waals surface area (Å²) >= 11 is 1.20. The van der Waals surface area contributed by atoms with E-state index >= 15 is 0 Å². The zero-order valence-corrected chi connectivity index (χ0v) is 22.2. The fraction of sp³-hybridized carbons (Fsp3) is 0.357. The van der Waals surface area contributed by atoms with Crippen LogP contribution in [0.5, 0.6) is 5.75 Å². The third-order valence-corrected chi connectivity index (χ3v) is 9.41. The molecule has 1 aromatic carbocycles. The van der Waals surface area contributed by atoms with E-state index in [0.717, 1.165) is 37.7 Å². The minimum absolute atomic E-state index is 0.0322. The molecule has 2 aliphatic rings. The number of hydrogen-bond donors (Lipinski definition) is 2. The van der Waals surface area contributed by atoms with Crippen molar-refractivity contribution in [3.8, 4) is 5.75 Å². The molecule has 1 fully saturated rings. The highest BCUT2D eigenvalue weighted by molar-refractivity contribution is 7.92. The van der Waals surface area contributed by atoms with Crippen LogP contribution in [0.25, 0.3) is 0 Å². The molecule has 0 bridgehead atoms. The van der Waals surface area contributed by atoms with Crippen molar-refractivity contribution in [2.24, 2.45) is 11.3 Å². The fourth-order valence-corrected chi connectivity index (χ4v) is 6.98. The maximum Gasteiger partial charge on any atom is 0.343 e. The number of benzene rings is 1. The van der Waals surface area contributed by atoms with Crippen LogP contribution in [0, 0.1) is 11.3 Å². The van der Waals surface area contributed by atoms with Crippen molar-refractivity contribution in [1.29, 1.82) is 0 Å². The molecule has 0 radical (unpaired) electrons. The first-order valence-corrected chi connectivity index (χ1v) is 14.9. The molecule has 2 unspecified atom stereocenters. The lowest BCUT2D eigenvalue weighted by atomic mass is 9.75. The largest absolute Gasteiger partial charge is 0.507 e. The summed E-state index contributed by atoms with van der Waals surface area (Å²) < 4.78 is 33.6. The van der Waals surface area contributed by atoms with E-state index in [-0.39, 0.29) is 33.6 Å². The number of allylic oxidation sites excluding steroid dienone is 4. The molecule has 0 amide bonds. The quantitative estimate of drug-likeness (QED) is 0.328. The maximum absolute atomic E-state index is 13.2. The van der Waals surface area contributed by atoms with Gasteiger partial charge >= 0.3 is 5.63 Å². The second-order valence-electron chi connectivity index (χ2n) is 9.88. The number of thiazole rings is 1. The average Bonchev–Trinajstić information content (AvgIpc) is 3.55. The van der Waals surface area contributed by atoms with Crippen molar-refractivity contribution in [3.05, 3.63) is 92.8 Å². The molecule has 3 aromatic rings. The number of aryl methyl sites for hydroxylation is 1. The molecule has 0 saturated heterocycles. The zero-order chi connectivity index (χ0) is 26.0. The zero-order valence-electron chi connectivity index (χ0n) is 20.6. The van der Waals surface area contributed by atoms with Crippen LogP contribution in [0.4, 0.5) is 5.69 Å². The Morgan fingerprint density at radius 3 is 2.76 bits per heavy atom. The standard InChI is InChI=1S/C28H30N2O5S2/c1-2-28(12-4-3-5-13-28)14-11-22-16-23(31)26(27(32)35-22)25(19-9-10-19)20-7-6-8-21(15-20)30-37(33,34)24-17-36-18-29-24/h3-8,12,15-19,25,30-31H,2,9-11,13-14H2,1H3. The minimum atomic E-state index is -3.82. The second-order valence-corrected chi connectivity index (χ2v) is 12.2. The Hall–Kier alpha value is -3.17. The third-order valence-electron chi connectivity index (χ3n) is 7.40. The summed E-state index contributed by atoms with van der Waals surface area (Å²) in [6, 6.07) is 8.54. The fourth-order valence-electron chi connectivity index (χ4n) is 5.09. The molecule has 0 aliphatic heterocycles. The lowest BCUT2D eigenvalue weighted by Gasteiger charge is -2.30. The van der Waals surface area contributed by atoms with Gasteiger partial charge in [0.15, 0.2) is 5.03 Å². The minimum Gasteiger partial charge on any atom is -0.507 e. The second kappa shape index (κ2) is 10.3.